The van der Waals surface area contributed by atoms with Crippen molar-refractivity contribution >= 4 is 23.7 Å². The molecule has 3 rings (SSSR count). The first-order valence-electron chi connectivity index (χ1n) is 13.4. The van der Waals surface area contributed by atoms with E-state index in [1.807, 2.05) is 52.3 Å². The minimum atomic E-state index is -0.591. The molecule has 5 N–H and O–H groups in total. The van der Waals surface area contributed by atoms with Crippen LogP contribution in [0, 0.1) is 18.8 Å². The van der Waals surface area contributed by atoms with E-state index in [0.29, 0.717) is 11.8 Å². The van der Waals surface area contributed by atoms with Crippen molar-refractivity contribution in [1.29, 1.82) is 0 Å². The average molecular weight is 539 g/mol. The molecule has 1 aliphatic rings. The van der Waals surface area contributed by atoms with Crippen LogP contribution in [0.1, 0.15) is 79.5 Å². The van der Waals surface area contributed by atoms with Gasteiger partial charge in [0, 0.05) is 50.9 Å². The van der Waals surface area contributed by atoms with Crippen LogP contribution in [-0.2, 0) is 22.6 Å². The van der Waals surface area contributed by atoms with Gasteiger partial charge in [0.1, 0.15) is 0 Å². The summed E-state index contributed by atoms with van der Waals surface area (Å²) in [6.07, 6.45) is 8.95. The van der Waals surface area contributed by atoms with E-state index in [1.165, 1.54) is 25.3 Å². The Morgan fingerprint density at radius 2 is 1.87 bits per heavy atom. The summed E-state index contributed by atoms with van der Waals surface area (Å²) < 4.78 is 0. The van der Waals surface area contributed by atoms with Crippen molar-refractivity contribution < 1.29 is 14.4 Å². The largest absolute Gasteiger partial charge is 0.394 e. The van der Waals surface area contributed by atoms with Crippen molar-refractivity contribution in [1.82, 2.24) is 20.2 Å². The van der Waals surface area contributed by atoms with Crippen LogP contribution in [-0.4, -0.2) is 53.6 Å². The maximum absolute atomic E-state index is 11.6. The first kappa shape index (κ1) is 33.4. The summed E-state index contributed by atoms with van der Waals surface area (Å²) in [4.78, 5) is 43.0. The summed E-state index contributed by atoms with van der Waals surface area (Å²) in [5.74, 6) is 0.973. The van der Waals surface area contributed by atoms with Crippen molar-refractivity contribution in [2.75, 3.05) is 21.1 Å². The molecule has 1 aliphatic carbocycles. The topological polar surface area (TPSA) is 144 Å². The molecule has 0 aliphatic heterocycles. The SMILES string of the molecule is CC1CCCC(C(=O)N(C)C)C1.CCc1cccc(/C=C(\N)C(N)=O)c1.CNCc1cnc(C(C)=O)nc1C. The number of aryl methyl sites for hydroxylation is 2. The lowest BCUT2D eigenvalue weighted by Gasteiger charge is -2.27. The van der Waals surface area contributed by atoms with Gasteiger partial charge in [0.2, 0.25) is 5.91 Å². The van der Waals surface area contributed by atoms with E-state index in [9.17, 15) is 14.4 Å². The van der Waals surface area contributed by atoms with Crippen LogP contribution in [0.25, 0.3) is 6.08 Å². The minimum absolute atomic E-state index is 0.0817. The number of hydrogen-bond donors (Lipinski definition) is 3. The van der Waals surface area contributed by atoms with Gasteiger partial charge in [0.25, 0.3) is 5.91 Å². The number of rotatable bonds is 7. The van der Waals surface area contributed by atoms with Gasteiger partial charge >= 0.3 is 0 Å². The Labute approximate surface area is 233 Å². The molecule has 39 heavy (non-hydrogen) atoms. The Kier molecular flexibility index (Phi) is 14.7. The lowest BCUT2D eigenvalue weighted by molar-refractivity contribution is -0.134. The van der Waals surface area contributed by atoms with Gasteiger partial charge in [-0.3, -0.25) is 14.4 Å². The zero-order valence-corrected chi connectivity index (χ0v) is 24.6. The molecule has 1 saturated carbocycles. The van der Waals surface area contributed by atoms with Gasteiger partial charge in [-0.05, 0) is 56.4 Å². The molecule has 0 radical (unpaired) electrons. The van der Waals surface area contributed by atoms with Crippen LogP contribution in [0.2, 0.25) is 0 Å². The smallest absolute Gasteiger partial charge is 0.264 e. The van der Waals surface area contributed by atoms with Crippen LogP contribution in [0.15, 0.2) is 36.2 Å². The molecule has 2 amide bonds. The molecule has 1 fully saturated rings. The first-order chi connectivity index (χ1) is 18.4. The molecule has 9 heteroatoms. The summed E-state index contributed by atoms with van der Waals surface area (Å²) in [6, 6.07) is 7.82. The summed E-state index contributed by atoms with van der Waals surface area (Å²) in [7, 11) is 5.56. The normalized spacial score (nSPS) is 16.6. The number of carbonyl (C=O) groups is 3. The second kappa shape index (κ2) is 17.1. The molecule has 214 valence electrons. The molecule has 1 aromatic carbocycles. The maximum Gasteiger partial charge on any atom is 0.264 e. The highest BCUT2D eigenvalue weighted by Crippen LogP contribution is 2.29. The van der Waals surface area contributed by atoms with E-state index < -0.39 is 5.91 Å². The Balaban J connectivity index is 0.000000293. The Morgan fingerprint density at radius 3 is 2.38 bits per heavy atom. The van der Waals surface area contributed by atoms with E-state index in [1.54, 1.807) is 17.2 Å². The lowest BCUT2D eigenvalue weighted by Crippen LogP contribution is -2.32. The van der Waals surface area contributed by atoms with Crippen LogP contribution in [0.5, 0.6) is 0 Å². The van der Waals surface area contributed by atoms with Gasteiger partial charge in [0.15, 0.2) is 11.6 Å². The second-order valence-corrected chi connectivity index (χ2v) is 10.2. The summed E-state index contributed by atoms with van der Waals surface area (Å²) >= 11 is 0. The minimum Gasteiger partial charge on any atom is -0.394 e. The van der Waals surface area contributed by atoms with E-state index in [-0.39, 0.29) is 17.3 Å². The second-order valence-electron chi connectivity index (χ2n) is 10.2. The molecule has 9 nitrogen and oxygen atoms in total. The third-order valence-corrected chi connectivity index (χ3v) is 6.46. The molecule has 2 aromatic rings. The fourth-order valence-electron chi connectivity index (χ4n) is 4.20. The lowest BCUT2D eigenvalue weighted by atomic mass is 9.82. The van der Waals surface area contributed by atoms with E-state index in [0.717, 1.165) is 48.5 Å². The van der Waals surface area contributed by atoms with Gasteiger partial charge < -0.3 is 21.7 Å². The van der Waals surface area contributed by atoms with Gasteiger partial charge in [-0.2, -0.15) is 0 Å². The quantitative estimate of drug-likeness (QED) is 0.360. The third-order valence-electron chi connectivity index (χ3n) is 6.46. The number of nitrogens with two attached hydrogens (primary N) is 2. The fourth-order valence-corrected chi connectivity index (χ4v) is 4.20. The number of hydrogen-bond acceptors (Lipinski definition) is 7. The molecule has 0 spiro atoms. The highest BCUT2D eigenvalue weighted by molar-refractivity contribution is 5.95. The number of nitrogens with one attached hydrogen (secondary N) is 1. The molecule has 0 bridgehead atoms. The first-order valence-corrected chi connectivity index (χ1v) is 13.4. The highest BCUT2D eigenvalue weighted by atomic mass is 16.2. The van der Waals surface area contributed by atoms with E-state index >= 15 is 0 Å². The predicted octanol–water partition coefficient (Wildman–Crippen LogP) is 3.64. The molecule has 2 unspecified atom stereocenters. The van der Waals surface area contributed by atoms with Crippen LogP contribution < -0.4 is 16.8 Å². The van der Waals surface area contributed by atoms with Crippen molar-refractivity contribution in [2.45, 2.75) is 66.3 Å². The number of amides is 2. The number of carbonyl (C=O) groups excluding carboxylic acids is 3. The van der Waals surface area contributed by atoms with Crippen molar-refractivity contribution in [3.8, 4) is 0 Å². The van der Waals surface area contributed by atoms with Gasteiger partial charge in [-0.15, -0.1) is 0 Å². The van der Waals surface area contributed by atoms with Crippen molar-refractivity contribution in [3.63, 3.8) is 0 Å². The van der Waals surface area contributed by atoms with Crippen molar-refractivity contribution in [3.05, 3.63) is 64.4 Å². The number of aromatic nitrogens is 2. The Morgan fingerprint density at radius 1 is 1.18 bits per heavy atom. The third kappa shape index (κ3) is 12.2. The van der Waals surface area contributed by atoms with Gasteiger partial charge in [-0.1, -0.05) is 51.0 Å². The number of primary amides is 1. The van der Waals surface area contributed by atoms with Gasteiger partial charge in [0.05, 0.1) is 5.70 Å². The monoisotopic (exact) mass is 538 g/mol. The van der Waals surface area contributed by atoms with Crippen LogP contribution in [0.4, 0.5) is 0 Å². The molecular formula is C30H46N6O3. The number of ketones is 1. The molecule has 0 saturated heterocycles. The fraction of sp³-hybridized carbons (Fsp3) is 0.500. The van der Waals surface area contributed by atoms with Crippen LogP contribution >= 0.6 is 0 Å². The average Bonchev–Trinajstić information content (AvgIpc) is 2.90. The maximum atomic E-state index is 11.6. The Bertz CT molecular complexity index is 1130. The van der Waals surface area contributed by atoms with Crippen LogP contribution in [0.3, 0.4) is 0 Å². The molecule has 1 heterocycles. The summed E-state index contributed by atoms with van der Waals surface area (Å²) in [5.41, 5.74) is 14.5. The molecule has 1 aromatic heterocycles. The predicted molar refractivity (Wildman–Crippen MR) is 157 cm³/mol. The number of benzene rings is 1. The zero-order valence-electron chi connectivity index (χ0n) is 24.6. The Hall–Kier alpha value is -3.59. The number of nitrogens with zero attached hydrogens (tertiary/aromatic N) is 3. The zero-order chi connectivity index (χ0) is 29.5. The highest BCUT2D eigenvalue weighted by Gasteiger charge is 2.25. The summed E-state index contributed by atoms with van der Waals surface area (Å²) in [5, 5.41) is 3.01. The molecule has 2 atom stereocenters. The summed E-state index contributed by atoms with van der Waals surface area (Å²) in [6.45, 7) is 8.38. The van der Waals surface area contributed by atoms with E-state index in [2.05, 4.69) is 29.1 Å². The van der Waals surface area contributed by atoms with Crippen molar-refractivity contribution in [2.24, 2.45) is 23.3 Å². The van der Waals surface area contributed by atoms with Gasteiger partial charge in [-0.25, -0.2) is 9.97 Å². The standard InChI is InChI=1S/C11H14N2O.C10H19NO.C9H13N3O/c1-2-8-4-3-5-9(6-8)7-10(12)11(13)14;1-8-5-4-6-9(7-8)10(12)11(2)3;1-6-8(4-10-3)5-11-9(12-6)7(2)13/h3-7H,2,12H2,1H3,(H2,13,14);8-9H,4-7H2,1-3H3;5,10H,4H2,1-3H3/b10-7-;;. The van der Waals surface area contributed by atoms with E-state index in [4.69, 9.17) is 11.5 Å². The number of Topliss-reactive ketones (excluding diaryl/α,β-unsaturated/α-hetero) is 1. The molecular weight excluding hydrogens is 492 g/mol.